The normalized spacial score (nSPS) is 12.0. The lowest BCUT2D eigenvalue weighted by atomic mass is 10.2. The van der Waals surface area contributed by atoms with Gasteiger partial charge in [0.1, 0.15) is 23.3 Å². The Hall–Kier alpha value is -2.99. The van der Waals surface area contributed by atoms with Gasteiger partial charge in [-0.05, 0) is 45.0 Å². The zero-order chi connectivity index (χ0) is 20.3. The molecule has 0 N–H and O–H groups in total. The number of hydrogen-bond donors (Lipinski definition) is 0. The van der Waals surface area contributed by atoms with Crippen LogP contribution in [-0.4, -0.2) is 18.2 Å². The molecule has 0 amide bonds. The molecule has 0 spiro atoms. The van der Waals surface area contributed by atoms with E-state index in [1.54, 1.807) is 57.2 Å². The Morgan fingerprint density at radius 2 is 1.82 bits per heavy atom. The number of ether oxygens (including phenoxy) is 3. The molecule has 1 atom stereocenters. The fourth-order valence-electron chi connectivity index (χ4n) is 2.46. The summed E-state index contributed by atoms with van der Waals surface area (Å²) in [6.45, 7) is 5.11. The van der Waals surface area contributed by atoms with Crippen LogP contribution in [0.15, 0.2) is 57.9 Å². The highest BCUT2D eigenvalue weighted by atomic mass is 35.5. The van der Waals surface area contributed by atoms with E-state index in [-0.39, 0.29) is 17.3 Å². The molecule has 2 aromatic carbocycles. The summed E-state index contributed by atoms with van der Waals surface area (Å²) in [5.74, 6) is 0.278. The molecule has 3 rings (SSSR count). The van der Waals surface area contributed by atoms with E-state index in [2.05, 4.69) is 0 Å². The monoisotopic (exact) mass is 402 g/mol. The van der Waals surface area contributed by atoms with Crippen molar-refractivity contribution < 1.29 is 23.4 Å². The van der Waals surface area contributed by atoms with E-state index in [9.17, 15) is 9.59 Å². The third-order valence-corrected chi connectivity index (χ3v) is 4.08. The highest BCUT2D eigenvalue weighted by molar-refractivity contribution is 6.32. The highest BCUT2D eigenvalue weighted by Crippen LogP contribution is 2.29. The van der Waals surface area contributed by atoms with E-state index >= 15 is 0 Å². The molecular weight excluding hydrogens is 384 g/mol. The molecule has 1 aromatic heterocycles. The van der Waals surface area contributed by atoms with Gasteiger partial charge < -0.3 is 18.6 Å². The van der Waals surface area contributed by atoms with Crippen molar-refractivity contribution in [2.24, 2.45) is 0 Å². The second-order valence-corrected chi connectivity index (χ2v) is 6.77. The van der Waals surface area contributed by atoms with E-state index in [4.69, 9.17) is 30.2 Å². The first-order chi connectivity index (χ1) is 13.3. The average molecular weight is 403 g/mol. The van der Waals surface area contributed by atoms with Crippen LogP contribution in [0.1, 0.15) is 20.8 Å². The fourth-order valence-corrected chi connectivity index (χ4v) is 2.64. The molecule has 0 bridgehead atoms. The molecule has 146 valence electrons. The van der Waals surface area contributed by atoms with Crippen LogP contribution in [0.5, 0.6) is 17.2 Å². The number of carbonyl (C=O) groups excluding carboxylic acids is 1. The number of rotatable bonds is 6. The van der Waals surface area contributed by atoms with E-state index in [1.807, 2.05) is 0 Å². The minimum atomic E-state index is -0.797. The molecule has 0 saturated carbocycles. The SMILES string of the molecule is CC(C)OC(=O)C(C)Oc1ccc2c(=O)c(Oc3ccccc3Cl)coc2c1. The van der Waals surface area contributed by atoms with Gasteiger partial charge in [-0.25, -0.2) is 4.79 Å². The van der Waals surface area contributed by atoms with Crippen LogP contribution in [0.4, 0.5) is 0 Å². The molecule has 6 nitrogen and oxygen atoms in total. The summed E-state index contributed by atoms with van der Waals surface area (Å²) in [6, 6.07) is 11.5. The van der Waals surface area contributed by atoms with Crippen LogP contribution in [-0.2, 0) is 9.53 Å². The summed E-state index contributed by atoms with van der Waals surface area (Å²) in [4.78, 5) is 24.5. The summed E-state index contributed by atoms with van der Waals surface area (Å²) in [6.07, 6.45) is 0.188. The van der Waals surface area contributed by atoms with Crippen molar-refractivity contribution in [2.75, 3.05) is 0 Å². The van der Waals surface area contributed by atoms with Gasteiger partial charge >= 0.3 is 5.97 Å². The Balaban J connectivity index is 1.83. The van der Waals surface area contributed by atoms with Crippen molar-refractivity contribution in [1.82, 2.24) is 0 Å². The van der Waals surface area contributed by atoms with Gasteiger partial charge in [-0.1, -0.05) is 23.7 Å². The van der Waals surface area contributed by atoms with Crippen molar-refractivity contribution in [3.63, 3.8) is 0 Å². The lowest BCUT2D eigenvalue weighted by Gasteiger charge is -2.16. The van der Waals surface area contributed by atoms with Crippen molar-refractivity contribution in [1.29, 1.82) is 0 Å². The number of carbonyl (C=O) groups is 1. The van der Waals surface area contributed by atoms with Crippen molar-refractivity contribution >= 4 is 28.5 Å². The molecule has 0 radical (unpaired) electrons. The molecule has 7 heteroatoms. The quantitative estimate of drug-likeness (QED) is 0.542. The minimum Gasteiger partial charge on any atom is -0.479 e. The maximum Gasteiger partial charge on any atom is 0.347 e. The first-order valence-corrected chi connectivity index (χ1v) is 9.08. The van der Waals surface area contributed by atoms with Crippen LogP contribution in [0, 0.1) is 0 Å². The van der Waals surface area contributed by atoms with Gasteiger partial charge in [0.05, 0.1) is 16.5 Å². The highest BCUT2D eigenvalue weighted by Gasteiger charge is 2.18. The molecule has 0 aliphatic carbocycles. The Kier molecular flexibility index (Phi) is 5.90. The molecular formula is C21H19ClO6. The second kappa shape index (κ2) is 8.35. The van der Waals surface area contributed by atoms with E-state index in [0.29, 0.717) is 27.5 Å². The Bertz CT molecular complexity index is 1060. The summed E-state index contributed by atoms with van der Waals surface area (Å²) >= 11 is 6.06. The summed E-state index contributed by atoms with van der Waals surface area (Å²) in [7, 11) is 0. The molecule has 0 aliphatic heterocycles. The van der Waals surface area contributed by atoms with Gasteiger partial charge in [-0.2, -0.15) is 0 Å². The summed E-state index contributed by atoms with van der Waals surface area (Å²) in [5.41, 5.74) is -0.0431. The van der Waals surface area contributed by atoms with E-state index in [1.165, 1.54) is 12.3 Å². The topological polar surface area (TPSA) is 75.0 Å². The average Bonchev–Trinajstić information content (AvgIpc) is 2.65. The van der Waals surface area contributed by atoms with Crippen LogP contribution in [0.25, 0.3) is 11.0 Å². The number of esters is 1. The Labute approximate surface area is 166 Å². The molecule has 0 fully saturated rings. The smallest absolute Gasteiger partial charge is 0.347 e. The van der Waals surface area contributed by atoms with E-state index in [0.717, 1.165) is 0 Å². The molecule has 1 heterocycles. The number of para-hydroxylation sites is 1. The van der Waals surface area contributed by atoms with E-state index < -0.39 is 12.1 Å². The first kappa shape index (κ1) is 19.8. The molecule has 28 heavy (non-hydrogen) atoms. The standard InChI is InChI=1S/C21H19ClO6/c1-12(2)26-21(24)13(3)27-14-8-9-15-18(10-14)25-11-19(20(15)23)28-17-7-5-4-6-16(17)22/h4-13H,1-3H3. The number of halogens is 1. The van der Waals surface area contributed by atoms with Crippen molar-refractivity contribution in [3.05, 3.63) is 64.0 Å². The van der Waals surface area contributed by atoms with Crippen molar-refractivity contribution in [2.45, 2.75) is 33.0 Å². The Morgan fingerprint density at radius 3 is 2.54 bits per heavy atom. The molecule has 3 aromatic rings. The molecule has 0 saturated heterocycles. The number of benzene rings is 2. The largest absolute Gasteiger partial charge is 0.479 e. The maximum absolute atomic E-state index is 12.7. The van der Waals surface area contributed by atoms with Gasteiger partial charge in [0.15, 0.2) is 6.10 Å². The zero-order valence-corrected chi connectivity index (χ0v) is 16.4. The van der Waals surface area contributed by atoms with Gasteiger partial charge in [-0.15, -0.1) is 0 Å². The third kappa shape index (κ3) is 4.46. The Morgan fingerprint density at radius 1 is 1.07 bits per heavy atom. The third-order valence-electron chi connectivity index (χ3n) is 3.77. The molecule has 0 aliphatic rings. The van der Waals surface area contributed by atoms with Gasteiger partial charge in [-0.3, -0.25) is 4.79 Å². The van der Waals surface area contributed by atoms with Gasteiger partial charge in [0.25, 0.3) is 0 Å². The minimum absolute atomic E-state index is 0.0168. The molecule has 1 unspecified atom stereocenters. The predicted molar refractivity (Wildman–Crippen MR) is 105 cm³/mol. The number of hydrogen-bond acceptors (Lipinski definition) is 6. The fraction of sp³-hybridized carbons (Fsp3) is 0.238. The predicted octanol–water partition coefficient (Wildman–Crippen LogP) is 4.96. The lowest BCUT2D eigenvalue weighted by Crippen LogP contribution is -2.28. The van der Waals surface area contributed by atoms with Crippen LogP contribution < -0.4 is 14.9 Å². The number of fused-ring (bicyclic) bond motifs is 1. The first-order valence-electron chi connectivity index (χ1n) is 8.70. The second-order valence-electron chi connectivity index (χ2n) is 6.37. The van der Waals surface area contributed by atoms with Crippen LogP contribution >= 0.6 is 11.6 Å². The van der Waals surface area contributed by atoms with Crippen LogP contribution in [0.3, 0.4) is 0 Å². The van der Waals surface area contributed by atoms with Crippen LogP contribution in [0.2, 0.25) is 5.02 Å². The summed E-state index contributed by atoms with van der Waals surface area (Å²) < 4.78 is 21.8. The van der Waals surface area contributed by atoms with Crippen molar-refractivity contribution in [3.8, 4) is 17.2 Å². The lowest BCUT2D eigenvalue weighted by molar-refractivity contribution is -0.154. The van der Waals surface area contributed by atoms with Gasteiger partial charge in [0.2, 0.25) is 11.2 Å². The van der Waals surface area contributed by atoms with Gasteiger partial charge in [0, 0.05) is 6.07 Å². The summed E-state index contributed by atoms with van der Waals surface area (Å²) in [5, 5.41) is 0.697. The zero-order valence-electron chi connectivity index (χ0n) is 15.6. The maximum atomic E-state index is 12.7.